The van der Waals surface area contributed by atoms with Crippen molar-refractivity contribution < 1.29 is 7.85 Å². The molecule has 0 aromatic heterocycles. The first kappa shape index (κ1) is 5.76. The average Bonchev–Trinajstić information content (AvgIpc) is 2.15. The Morgan fingerprint density at radius 2 is 2.33 bits per heavy atom. The van der Waals surface area contributed by atoms with E-state index in [1.54, 1.807) is 0 Å². The Labute approximate surface area is 75.9 Å². The maximum absolute atomic E-state index is 9.42. The predicted molar refractivity (Wildman–Crippen MR) is 49.2 cm³/mol. The van der Waals surface area contributed by atoms with Gasteiger partial charge >= 0.3 is 0 Å². The molecule has 1 aliphatic carbocycles. The average molecular weight is 164 g/mol. The minimum atomic E-state index is -2.09. The van der Waals surface area contributed by atoms with Crippen LogP contribution in [0.25, 0.3) is 0 Å². The zero-order valence-electron chi connectivity index (χ0n) is 8.96. The van der Waals surface area contributed by atoms with Crippen LogP contribution in [0.4, 0.5) is 0 Å². The zero-order valence-corrected chi connectivity index (χ0v) is 6.96. The molecule has 0 heterocycles. The molecule has 0 spiro atoms. The largest absolute Gasteiger partial charge is 0.396 e. The molecular formula is C11H14O. The second-order valence-electron chi connectivity index (χ2n) is 3.27. The standard InChI is InChI=1S/C11H14O/c12-8-10-6-3-5-9-4-1-2-7-11(9)10/h1-2,4,7,10,12H,3,5-6,8H2/i8D2. The van der Waals surface area contributed by atoms with Crippen molar-refractivity contribution in [2.45, 2.75) is 25.2 Å². The fraction of sp³-hybridized carbons (Fsp3) is 0.455. The van der Waals surface area contributed by atoms with Gasteiger partial charge in [-0.1, -0.05) is 24.3 Å². The van der Waals surface area contributed by atoms with E-state index in [1.165, 1.54) is 5.56 Å². The number of hydrogen-bond acceptors (Lipinski definition) is 1. The van der Waals surface area contributed by atoms with Crippen LogP contribution < -0.4 is 0 Å². The first-order valence-corrected chi connectivity index (χ1v) is 4.39. The van der Waals surface area contributed by atoms with Gasteiger partial charge in [-0.25, -0.2) is 0 Å². The molecule has 1 heteroatoms. The highest BCUT2D eigenvalue weighted by Gasteiger charge is 2.17. The summed E-state index contributed by atoms with van der Waals surface area (Å²) in [6.45, 7) is -2.09. The summed E-state index contributed by atoms with van der Waals surface area (Å²) in [5.74, 6) is -0.354. The van der Waals surface area contributed by atoms with Crippen LogP contribution in [-0.2, 0) is 6.42 Å². The van der Waals surface area contributed by atoms with Crippen LogP contribution in [0.3, 0.4) is 0 Å². The van der Waals surface area contributed by atoms with Gasteiger partial charge < -0.3 is 5.11 Å². The SMILES string of the molecule is [2H]C([2H])(O)C1CCCc2ccccc21. The zero-order chi connectivity index (χ0) is 10.2. The lowest BCUT2D eigenvalue weighted by Gasteiger charge is -2.23. The molecule has 0 amide bonds. The van der Waals surface area contributed by atoms with Crippen LogP contribution in [0.5, 0.6) is 0 Å². The molecule has 0 radical (unpaired) electrons. The van der Waals surface area contributed by atoms with Crippen LogP contribution in [-0.4, -0.2) is 11.7 Å². The molecule has 1 atom stereocenters. The predicted octanol–water partition coefficient (Wildman–Crippen LogP) is 2.10. The fourth-order valence-corrected chi connectivity index (χ4v) is 1.89. The smallest absolute Gasteiger partial charge is 0.0570 e. The second kappa shape index (κ2) is 3.28. The Morgan fingerprint density at radius 3 is 3.17 bits per heavy atom. The maximum Gasteiger partial charge on any atom is 0.0570 e. The van der Waals surface area contributed by atoms with Gasteiger partial charge in [-0.15, -0.1) is 0 Å². The Kier molecular flexibility index (Phi) is 1.57. The van der Waals surface area contributed by atoms with Crippen LogP contribution in [0.15, 0.2) is 24.3 Å². The van der Waals surface area contributed by atoms with Crippen LogP contribution >= 0.6 is 0 Å². The van der Waals surface area contributed by atoms with Gasteiger partial charge in [0.05, 0.1) is 2.74 Å². The van der Waals surface area contributed by atoms with Gasteiger partial charge in [-0.2, -0.15) is 0 Å². The summed E-state index contributed by atoms with van der Waals surface area (Å²) in [5.41, 5.74) is 2.16. The van der Waals surface area contributed by atoms with Crippen molar-refractivity contribution in [1.29, 1.82) is 0 Å². The number of fused-ring (bicyclic) bond motifs is 1. The topological polar surface area (TPSA) is 20.2 Å². The third kappa shape index (κ3) is 1.25. The van der Waals surface area contributed by atoms with Crippen molar-refractivity contribution in [3.8, 4) is 0 Å². The van der Waals surface area contributed by atoms with E-state index >= 15 is 0 Å². The molecule has 12 heavy (non-hydrogen) atoms. The minimum absolute atomic E-state index is 0.354. The first-order valence-electron chi connectivity index (χ1n) is 5.39. The Morgan fingerprint density at radius 1 is 1.50 bits per heavy atom. The summed E-state index contributed by atoms with van der Waals surface area (Å²) in [7, 11) is 0. The fourth-order valence-electron chi connectivity index (χ4n) is 1.89. The third-order valence-corrected chi connectivity index (χ3v) is 2.53. The highest BCUT2D eigenvalue weighted by Crippen LogP contribution is 2.30. The van der Waals surface area contributed by atoms with E-state index in [1.807, 2.05) is 24.3 Å². The van der Waals surface area contributed by atoms with Gasteiger partial charge in [0.15, 0.2) is 0 Å². The van der Waals surface area contributed by atoms with Crippen molar-refractivity contribution in [3.05, 3.63) is 35.4 Å². The van der Waals surface area contributed by atoms with Crippen LogP contribution in [0.1, 0.15) is 32.6 Å². The summed E-state index contributed by atoms with van der Waals surface area (Å²) < 4.78 is 14.8. The molecule has 1 unspecified atom stereocenters. The van der Waals surface area contributed by atoms with Crippen molar-refractivity contribution in [2.75, 3.05) is 6.56 Å². The molecule has 64 valence electrons. The van der Waals surface area contributed by atoms with E-state index in [4.69, 9.17) is 2.74 Å². The normalized spacial score (nSPS) is 25.6. The highest BCUT2D eigenvalue weighted by atomic mass is 16.3. The van der Waals surface area contributed by atoms with E-state index in [2.05, 4.69) is 0 Å². The van der Waals surface area contributed by atoms with E-state index in [-0.39, 0.29) is 5.92 Å². The number of benzene rings is 1. The molecule has 1 N–H and O–H groups in total. The summed E-state index contributed by atoms with van der Waals surface area (Å²) in [5, 5.41) is 9.42. The van der Waals surface area contributed by atoms with Gasteiger partial charge in [0.1, 0.15) is 0 Å². The molecule has 0 aliphatic heterocycles. The van der Waals surface area contributed by atoms with E-state index in [0.29, 0.717) is 0 Å². The summed E-state index contributed by atoms with van der Waals surface area (Å²) in [6, 6.07) is 7.82. The Balaban J connectivity index is 2.41. The number of hydrogen-bond donors (Lipinski definition) is 1. The van der Waals surface area contributed by atoms with E-state index < -0.39 is 6.56 Å². The first-order chi connectivity index (χ1) is 6.59. The number of aryl methyl sites for hydroxylation is 1. The molecule has 0 fully saturated rings. The minimum Gasteiger partial charge on any atom is -0.396 e. The molecule has 0 saturated carbocycles. The van der Waals surface area contributed by atoms with Gasteiger partial charge in [0.25, 0.3) is 0 Å². The highest BCUT2D eigenvalue weighted by molar-refractivity contribution is 5.32. The molecular weight excluding hydrogens is 148 g/mol. The second-order valence-corrected chi connectivity index (χ2v) is 3.27. The number of rotatable bonds is 1. The van der Waals surface area contributed by atoms with E-state index in [9.17, 15) is 5.11 Å². The molecule has 0 bridgehead atoms. The lowest BCUT2D eigenvalue weighted by molar-refractivity contribution is 0.253. The lowest BCUT2D eigenvalue weighted by Crippen LogP contribution is -2.12. The van der Waals surface area contributed by atoms with Crippen molar-refractivity contribution in [2.24, 2.45) is 0 Å². The van der Waals surface area contributed by atoms with Crippen LogP contribution in [0.2, 0.25) is 0 Å². The number of aliphatic hydroxyl groups is 1. The van der Waals surface area contributed by atoms with Crippen molar-refractivity contribution >= 4 is 0 Å². The third-order valence-electron chi connectivity index (χ3n) is 2.53. The molecule has 1 nitrogen and oxygen atoms in total. The molecule has 1 aliphatic rings. The van der Waals surface area contributed by atoms with Gasteiger partial charge in [-0.3, -0.25) is 0 Å². The van der Waals surface area contributed by atoms with Crippen molar-refractivity contribution in [1.82, 2.24) is 0 Å². The maximum atomic E-state index is 9.42. The summed E-state index contributed by atoms with van der Waals surface area (Å²) in [4.78, 5) is 0. The Bertz CT molecular complexity index is 330. The van der Waals surface area contributed by atoms with Gasteiger partial charge in [0.2, 0.25) is 0 Å². The summed E-state index contributed by atoms with van der Waals surface area (Å²) in [6.07, 6.45) is 2.70. The van der Waals surface area contributed by atoms with Gasteiger partial charge in [0, 0.05) is 12.5 Å². The van der Waals surface area contributed by atoms with Crippen LogP contribution in [0, 0.1) is 0 Å². The molecule has 1 aromatic rings. The molecule has 0 saturated heterocycles. The van der Waals surface area contributed by atoms with E-state index in [0.717, 1.165) is 24.8 Å². The summed E-state index contributed by atoms with van der Waals surface area (Å²) >= 11 is 0. The molecule has 1 aromatic carbocycles. The lowest BCUT2D eigenvalue weighted by atomic mass is 9.83. The van der Waals surface area contributed by atoms with Crippen molar-refractivity contribution in [3.63, 3.8) is 0 Å². The quantitative estimate of drug-likeness (QED) is 0.674. The monoisotopic (exact) mass is 164 g/mol. The van der Waals surface area contributed by atoms with Gasteiger partial charge in [-0.05, 0) is 30.4 Å². The Hall–Kier alpha value is -0.820. The molecule has 2 rings (SSSR count).